The van der Waals surface area contributed by atoms with Gasteiger partial charge >= 0.3 is 0 Å². The number of hydrogen-bond donors (Lipinski definition) is 3. The van der Waals surface area contributed by atoms with Gasteiger partial charge in [-0.1, -0.05) is 15.9 Å². The monoisotopic (exact) mass is 370 g/mol. The third-order valence-electron chi connectivity index (χ3n) is 3.09. The molecule has 0 fully saturated rings. The minimum atomic E-state index is -0.487. The molecule has 2 rings (SSSR count). The minimum Gasteiger partial charge on any atom is -0.399 e. The molecule has 2 aromatic carbocycles. The van der Waals surface area contributed by atoms with Gasteiger partial charge in [-0.25, -0.2) is 0 Å². The Labute approximate surface area is 142 Å². The van der Waals surface area contributed by atoms with E-state index in [0.29, 0.717) is 11.4 Å². The quantitative estimate of drug-likeness (QED) is 0.433. The van der Waals surface area contributed by atoms with E-state index >= 15 is 0 Å². The molecule has 23 heavy (non-hydrogen) atoms. The normalized spacial score (nSPS) is 10.7. The molecule has 116 valence electrons. The number of rotatable bonds is 4. The van der Waals surface area contributed by atoms with Crippen LogP contribution in [0.25, 0.3) is 0 Å². The van der Waals surface area contributed by atoms with Crippen molar-refractivity contribution in [1.29, 1.82) is 5.26 Å². The van der Waals surface area contributed by atoms with Crippen LogP contribution in [0.2, 0.25) is 0 Å². The number of benzene rings is 2. The van der Waals surface area contributed by atoms with Gasteiger partial charge in [0.2, 0.25) is 0 Å². The summed E-state index contributed by atoms with van der Waals surface area (Å²) in [6.07, 6.45) is 1.39. The van der Waals surface area contributed by atoms with Gasteiger partial charge in [0.1, 0.15) is 11.6 Å². The van der Waals surface area contributed by atoms with Gasteiger partial charge in [0.25, 0.3) is 5.91 Å². The van der Waals surface area contributed by atoms with E-state index in [1.807, 2.05) is 31.2 Å². The number of nitrogen functional groups attached to an aromatic ring is 1. The van der Waals surface area contributed by atoms with E-state index < -0.39 is 5.91 Å². The summed E-state index contributed by atoms with van der Waals surface area (Å²) in [5, 5.41) is 14.8. The molecule has 0 saturated carbocycles. The molecule has 6 heteroatoms. The van der Waals surface area contributed by atoms with Crippen LogP contribution < -0.4 is 16.4 Å². The molecule has 0 radical (unpaired) electrons. The van der Waals surface area contributed by atoms with Crippen molar-refractivity contribution in [2.75, 3.05) is 16.4 Å². The number of nitriles is 1. The number of hydrogen-bond acceptors (Lipinski definition) is 4. The van der Waals surface area contributed by atoms with Crippen molar-refractivity contribution in [3.63, 3.8) is 0 Å². The fourth-order valence-corrected chi connectivity index (χ4v) is 2.33. The molecule has 0 aromatic heterocycles. The molecule has 0 aliphatic carbocycles. The van der Waals surface area contributed by atoms with E-state index in [9.17, 15) is 4.79 Å². The van der Waals surface area contributed by atoms with Crippen molar-refractivity contribution in [3.05, 3.63) is 64.3 Å². The molecular weight excluding hydrogens is 356 g/mol. The van der Waals surface area contributed by atoms with Crippen molar-refractivity contribution >= 4 is 38.9 Å². The maximum Gasteiger partial charge on any atom is 0.267 e. The number of nitrogens with two attached hydrogens (primary N) is 1. The topological polar surface area (TPSA) is 90.9 Å². The van der Waals surface area contributed by atoms with Crippen LogP contribution in [0.1, 0.15) is 5.56 Å². The fraction of sp³-hybridized carbons (Fsp3) is 0.0588. The molecule has 0 aliphatic rings. The first-order valence-electron chi connectivity index (χ1n) is 6.79. The number of carbonyl (C=O) groups excluding carboxylic acids is 1. The Bertz CT molecular complexity index is 791. The second-order valence-corrected chi connectivity index (χ2v) is 5.77. The SMILES string of the molecule is Cc1cc(Br)ccc1N/C=C(/C#N)C(=O)Nc1ccc(N)cc1. The van der Waals surface area contributed by atoms with Gasteiger partial charge in [0.05, 0.1) is 0 Å². The van der Waals surface area contributed by atoms with E-state index in [1.54, 1.807) is 24.3 Å². The van der Waals surface area contributed by atoms with Crippen LogP contribution in [0.15, 0.2) is 58.7 Å². The molecule has 0 unspecified atom stereocenters. The van der Waals surface area contributed by atoms with Crippen LogP contribution in [0.4, 0.5) is 17.1 Å². The number of nitrogens with zero attached hydrogens (tertiary/aromatic N) is 1. The van der Waals surface area contributed by atoms with Crippen LogP contribution in [-0.4, -0.2) is 5.91 Å². The molecule has 0 heterocycles. The number of anilines is 3. The molecule has 0 saturated heterocycles. The summed E-state index contributed by atoms with van der Waals surface area (Å²) in [6.45, 7) is 1.93. The molecule has 1 amide bonds. The predicted octanol–water partition coefficient (Wildman–Crippen LogP) is 3.80. The summed E-state index contributed by atoms with van der Waals surface area (Å²) in [5.74, 6) is -0.487. The van der Waals surface area contributed by atoms with E-state index in [-0.39, 0.29) is 5.57 Å². The number of carbonyl (C=O) groups is 1. The molecule has 4 N–H and O–H groups in total. The van der Waals surface area contributed by atoms with E-state index in [4.69, 9.17) is 11.0 Å². The van der Waals surface area contributed by atoms with Gasteiger partial charge in [0, 0.05) is 27.7 Å². The lowest BCUT2D eigenvalue weighted by Crippen LogP contribution is -2.14. The van der Waals surface area contributed by atoms with E-state index in [1.165, 1.54) is 6.20 Å². The van der Waals surface area contributed by atoms with Crippen molar-refractivity contribution in [2.45, 2.75) is 6.92 Å². The Morgan fingerprint density at radius 2 is 1.96 bits per heavy atom. The van der Waals surface area contributed by atoms with Crippen LogP contribution >= 0.6 is 15.9 Å². The second kappa shape index (κ2) is 7.47. The zero-order valence-corrected chi connectivity index (χ0v) is 14.0. The van der Waals surface area contributed by atoms with E-state index in [0.717, 1.165) is 15.7 Å². The largest absolute Gasteiger partial charge is 0.399 e. The smallest absolute Gasteiger partial charge is 0.267 e. The highest BCUT2D eigenvalue weighted by Crippen LogP contribution is 2.20. The number of halogens is 1. The highest BCUT2D eigenvalue weighted by Gasteiger charge is 2.09. The Hall–Kier alpha value is -2.78. The second-order valence-electron chi connectivity index (χ2n) is 4.85. The number of nitrogens with one attached hydrogen (secondary N) is 2. The first-order chi connectivity index (χ1) is 11.0. The van der Waals surface area contributed by atoms with Crippen LogP contribution in [0.5, 0.6) is 0 Å². The van der Waals surface area contributed by atoms with Crippen LogP contribution in [-0.2, 0) is 4.79 Å². The summed E-state index contributed by atoms with van der Waals surface area (Å²) in [6, 6.07) is 14.3. The number of aryl methyl sites for hydroxylation is 1. The third kappa shape index (κ3) is 4.59. The van der Waals surface area contributed by atoms with Crippen LogP contribution in [0, 0.1) is 18.3 Å². The Kier molecular flexibility index (Phi) is 5.39. The summed E-state index contributed by atoms with van der Waals surface area (Å²) in [5.41, 5.74) is 8.56. The molecule has 0 aliphatic heterocycles. The van der Waals surface area contributed by atoms with Gasteiger partial charge < -0.3 is 16.4 Å². The molecule has 2 aromatic rings. The maximum absolute atomic E-state index is 12.1. The van der Waals surface area contributed by atoms with Gasteiger partial charge in [-0.15, -0.1) is 0 Å². The van der Waals surface area contributed by atoms with Crippen molar-refractivity contribution in [2.24, 2.45) is 0 Å². The molecule has 5 nitrogen and oxygen atoms in total. The zero-order valence-electron chi connectivity index (χ0n) is 12.4. The van der Waals surface area contributed by atoms with Gasteiger partial charge in [-0.05, 0) is 55.0 Å². The summed E-state index contributed by atoms with van der Waals surface area (Å²) < 4.78 is 0.964. The lowest BCUT2D eigenvalue weighted by atomic mass is 10.2. The van der Waals surface area contributed by atoms with E-state index in [2.05, 4.69) is 26.6 Å². The number of amides is 1. The van der Waals surface area contributed by atoms with Gasteiger partial charge in [0.15, 0.2) is 0 Å². The standard InChI is InChI=1S/C17H15BrN4O/c1-11-8-13(18)2-7-16(11)21-10-12(9-19)17(23)22-15-5-3-14(20)4-6-15/h2-8,10,21H,20H2,1H3,(H,22,23)/b12-10-. The van der Waals surface area contributed by atoms with Crippen molar-refractivity contribution in [3.8, 4) is 6.07 Å². The van der Waals surface area contributed by atoms with Gasteiger partial charge in [-0.2, -0.15) is 5.26 Å². The van der Waals surface area contributed by atoms with Crippen molar-refractivity contribution in [1.82, 2.24) is 0 Å². The summed E-state index contributed by atoms with van der Waals surface area (Å²) in [4.78, 5) is 12.1. The maximum atomic E-state index is 12.1. The van der Waals surface area contributed by atoms with Gasteiger partial charge in [-0.3, -0.25) is 4.79 Å². The Balaban J connectivity index is 2.10. The third-order valence-corrected chi connectivity index (χ3v) is 3.59. The Morgan fingerprint density at radius 1 is 1.26 bits per heavy atom. The van der Waals surface area contributed by atoms with Crippen molar-refractivity contribution < 1.29 is 4.79 Å². The highest BCUT2D eigenvalue weighted by atomic mass is 79.9. The molecule has 0 atom stereocenters. The summed E-state index contributed by atoms with van der Waals surface area (Å²) >= 11 is 3.39. The lowest BCUT2D eigenvalue weighted by Gasteiger charge is -2.07. The highest BCUT2D eigenvalue weighted by molar-refractivity contribution is 9.10. The zero-order chi connectivity index (χ0) is 16.8. The first kappa shape index (κ1) is 16.6. The molecule has 0 spiro atoms. The van der Waals surface area contributed by atoms with Crippen LogP contribution in [0.3, 0.4) is 0 Å². The fourth-order valence-electron chi connectivity index (χ4n) is 1.85. The average Bonchev–Trinajstić information content (AvgIpc) is 2.52. The lowest BCUT2D eigenvalue weighted by molar-refractivity contribution is -0.112. The summed E-state index contributed by atoms with van der Waals surface area (Å²) in [7, 11) is 0. The average molecular weight is 371 g/mol. The first-order valence-corrected chi connectivity index (χ1v) is 7.59. The molecule has 0 bridgehead atoms. The Morgan fingerprint density at radius 3 is 2.57 bits per heavy atom. The predicted molar refractivity (Wildman–Crippen MR) is 95.7 cm³/mol. The molecular formula is C17H15BrN4O. The minimum absolute atomic E-state index is 0.0239.